The number of rotatable bonds is 4. The van der Waals surface area contributed by atoms with Crippen LogP contribution in [0.1, 0.15) is 51.6 Å². The number of nitrogens with two attached hydrogens (primary N) is 1. The van der Waals surface area contributed by atoms with E-state index in [-0.39, 0.29) is 0 Å². The zero-order valence-electron chi connectivity index (χ0n) is 10.4. The van der Waals surface area contributed by atoms with Gasteiger partial charge in [-0.2, -0.15) is 0 Å². The number of anilines is 1. The molecule has 0 aliphatic carbocycles. The number of aromatic nitrogens is 2. The highest BCUT2D eigenvalue weighted by atomic mass is 79.9. The SMILES string of the molecule is CCC(C)c1nc(N)c(Br)c(CC(C)C)n1. The average Bonchev–Trinajstić information content (AvgIpc) is 2.22. The van der Waals surface area contributed by atoms with Crippen molar-refractivity contribution in [2.45, 2.75) is 46.5 Å². The summed E-state index contributed by atoms with van der Waals surface area (Å²) in [5.74, 6) is 2.34. The van der Waals surface area contributed by atoms with Crippen molar-refractivity contribution < 1.29 is 0 Å². The molecule has 16 heavy (non-hydrogen) atoms. The smallest absolute Gasteiger partial charge is 0.141 e. The topological polar surface area (TPSA) is 51.8 Å². The van der Waals surface area contributed by atoms with Gasteiger partial charge < -0.3 is 5.73 Å². The third-order valence-corrected chi connectivity index (χ3v) is 3.48. The summed E-state index contributed by atoms with van der Waals surface area (Å²) < 4.78 is 0.855. The van der Waals surface area contributed by atoms with Crippen LogP contribution in [0.2, 0.25) is 0 Å². The fourth-order valence-electron chi connectivity index (χ4n) is 1.46. The van der Waals surface area contributed by atoms with E-state index in [0.29, 0.717) is 17.7 Å². The summed E-state index contributed by atoms with van der Waals surface area (Å²) >= 11 is 3.46. The van der Waals surface area contributed by atoms with Crippen LogP contribution in [0.15, 0.2) is 4.47 Å². The Hall–Kier alpha value is -0.640. The van der Waals surface area contributed by atoms with Crippen LogP contribution in [-0.2, 0) is 6.42 Å². The van der Waals surface area contributed by atoms with Gasteiger partial charge in [0.15, 0.2) is 0 Å². The molecule has 0 spiro atoms. The Bertz CT molecular complexity index is 364. The summed E-state index contributed by atoms with van der Waals surface area (Å²) in [6.45, 7) is 8.61. The van der Waals surface area contributed by atoms with Gasteiger partial charge >= 0.3 is 0 Å². The van der Waals surface area contributed by atoms with Crippen molar-refractivity contribution in [3.8, 4) is 0 Å². The quantitative estimate of drug-likeness (QED) is 0.921. The van der Waals surface area contributed by atoms with Gasteiger partial charge in [-0.05, 0) is 34.7 Å². The molecule has 0 amide bonds. The van der Waals surface area contributed by atoms with Gasteiger partial charge in [-0.25, -0.2) is 9.97 Å². The van der Waals surface area contributed by atoms with Crippen molar-refractivity contribution in [2.75, 3.05) is 5.73 Å². The van der Waals surface area contributed by atoms with Crippen LogP contribution >= 0.6 is 15.9 Å². The van der Waals surface area contributed by atoms with Gasteiger partial charge in [0.1, 0.15) is 11.6 Å². The first-order chi connectivity index (χ1) is 7.45. The minimum atomic E-state index is 0.362. The van der Waals surface area contributed by atoms with Crippen molar-refractivity contribution in [2.24, 2.45) is 5.92 Å². The van der Waals surface area contributed by atoms with Gasteiger partial charge in [-0.3, -0.25) is 0 Å². The molecule has 0 aliphatic rings. The van der Waals surface area contributed by atoms with Crippen LogP contribution in [0.4, 0.5) is 5.82 Å². The summed E-state index contributed by atoms with van der Waals surface area (Å²) in [5, 5.41) is 0. The Morgan fingerprint density at radius 1 is 1.25 bits per heavy atom. The predicted molar refractivity (Wildman–Crippen MR) is 71.4 cm³/mol. The minimum absolute atomic E-state index is 0.362. The normalized spacial score (nSPS) is 13.1. The number of nitrogen functional groups attached to an aromatic ring is 1. The Morgan fingerprint density at radius 2 is 1.88 bits per heavy atom. The molecule has 1 unspecified atom stereocenters. The lowest BCUT2D eigenvalue weighted by atomic mass is 10.1. The number of hydrogen-bond acceptors (Lipinski definition) is 3. The van der Waals surface area contributed by atoms with Gasteiger partial charge in [0, 0.05) is 5.92 Å². The molecular weight excluding hydrogens is 266 g/mol. The van der Waals surface area contributed by atoms with Crippen molar-refractivity contribution in [1.29, 1.82) is 0 Å². The third-order valence-electron chi connectivity index (χ3n) is 2.62. The van der Waals surface area contributed by atoms with E-state index < -0.39 is 0 Å². The lowest BCUT2D eigenvalue weighted by Gasteiger charge is -2.13. The van der Waals surface area contributed by atoms with Crippen LogP contribution < -0.4 is 5.73 Å². The molecule has 2 N–H and O–H groups in total. The lowest BCUT2D eigenvalue weighted by molar-refractivity contribution is 0.614. The maximum absolute atomic E-state index is 5.89. The van der Waals surface area contributed by atoms with E-state index in [1.54, 1.807) is 0 Å². The zero-order valence-corrected chi connectivity index (χ0v) is 12.0. The summed E-state index contributed by atoms with van der Waals surface area (Å²) in [7, 11) is 0. The predicted octanol–water partition coefficient (Wildman–Crippen LogP) is 3.53. The molecule has 1 rings (SSSR count). The Labute approximate surface area is 106 Å². The highest BCUT2D eigenvalue weighted by molar-refractivity contribution is 9.10. The first-order valence-corrected chi connectivity index (χ1v) is 6.56. The monoisotopic (exact) mass is 285 g/mol. The molecule has 1 aromatic rings. The van der Waals surface area contributed by atoms with Crippen molar-refractivity contribution in [3.05, 3.63) is 16.0 Å². The second-order valence-electron chi connectivity index (χ2n) is 4.63. The number of halogens is 1. The molecule has 0 saturated heterocycles. The summed E-state index contributed by atoms with van der Waals surface area (Å²) in [6.07, 6.45) is 1.96. The molecule has 0 aliphatic heterocycles. The second-order valence-corrected chi connectivity index (χ2v) is 5.43. The van der Waals surface area contributed by atoms with E-state index in [9.17, 15) is 0 Å². The van der Waals surface area contributed by atoms with E-state index in [4.69, 9.17) is 5.73 Å². The molecule has 0 aromatic carbocycles. The highest BCUT2D eigenvalue weighted by Gasteiger charge is 2.14. The van der Waals surface area contributed by atoms with E-state index in [1.807, 2.05) is 0 Å². The standard InChI is InChI=1S/C12H20BrN3/c1-5-8(4)12-15-9(6-7(2)3)10(13)11(14)16-12/h7-8H,5-6H2,1-4H3,(H2,14,15,16). The largest absolute Gasteiger partial charge is 0.383 e. The van der Waals surface area contributed by atoms with E-state index in [0.717, 1.165) is 28.8 Å². The molecule has 0 fully saturated rings. The second kappa shape index (κ2) is 5.62. The van der Waals surface area contributed by atoms with Crippen molar-refractivity contribution in [3.63, 3.8) is 0 Å². The Morgan fingerprint density at radius 3 is 2.38 bits per heavy atom. The van der Waals surface area contributed by atoms with Gasteiger partial charge in [-0.15, -0.1) is 0 Å². The van der Waals surface area contributed by atoms with Crippen molar-refractivity contribution in [1.82, 2.24) is 9.97 Å². The molecule has 0 bridgehead atoms. The zero-order chi connectivity index (χ0) is 12.3. The molecule has 3 nitrogen and oxygen atoms in total. The fraction of sp³-hybridized carbons (Fsp3) is 0.667. The maximum atomic E-state index is 5.89. The van der Waals surface area contributed by atoms with Crippen LogP contribution in [0.3, 0.4) is 0 Å². The van der Waals surface area contributed by atoms with E-state index >= 15 is 0 Å². The highest BCUT2D eigenvalue weighted by Crippen LogP contribution is 2.26. The molecule has 0 saturated carbocycles. The first-order valence-electron chi connectivity index (χ1n) is 5.77. The van der Waals surface area contributed by atoms with Crippen molar-refractivity contribution >= 4 is 21.7 Å². The molecule has 90 valence electrons. The van der Waals surface area contributed by atoms with Crippen LogP contribution in [0.25, 0.3) is 0 Å². The van der Waals surface area contributed by atoms with Gasteiger partial charge in [0.25, 0.3) is 0 Å². The first kappa shape index (κ1) is 13.4. The Kier molecular flexibility index (Phi) is 4.71. The molecule has 1 atom stereocenters. The molecular formula is C12H20BrN3. The number of nitrogens with zero attached hydrogens (tertiary/aromatic N) is 2. The van der Waals surface area contributed by atoms with Gasteiger partial charge in [0.05, 0.1) is 10.2 Å². The van der Waals surface area contributed by atoms with Gasteiger partial charge in [-0.1, -0.05) is 27.7 Å². The molecule has 1 aromatic heterocycles. The van der Waals surface area contributed by atoms with E-state index in [1.165, 1.54) is 0 Å². The molecule has 1 heterocycles. The van der Waals surface area contributed by atoms with E-state index in [2.05, 4.69) is 53.6 Å². The summed E-state index contributed by atoms with van der Waals surface area (Å²) in [6, 6.07) is 0. The summed E-state index contributed by atoms with van der Waals surface area (Å²) in [4.78, 5) is 8.94. The maximum Gasteiger partial charge on any atom is 0.141 e. The average molecular weight is 286 g/mol. The number of hydrogen-bond donors (Lipinski definition) is 1. The fourth-order valence-corrected chi connectivity index (χ4v) is 1.80. The molecule has 0 radical (unpaired) electrons. The molecule has 4 heteroatoms. The van der Waals surface area contributed by atoms with Crippen LogP contribution in [-0.4, -0.2) is 9.97 Å². The van der Waals surface area contributed by atoms with Gasteiger partial charge in [0.2, 0.25) is 0 Å². The minimum Gasteiger partial charge on any atom is -0.383 e. The summed E-state index contributed by atoms with van der Waals surface area (Å²) in [5.41, 5.74) is 6.92. The van der Waals surface area contributed by atoms with Crippen LogP contribution in [0, 0.1) is 5.92 Å². The Balaban J connectivity index is 3.11. The third kappa shape index (κ3) is 3.17. The lowest BCUT2D eigenvalue weighted by Crippen LogP contribution is -2.09. The van der Waals surface area contributed by atoms with Crippen LogP contribution in [0.5, 0.6) is 0 Å².